The summed E-state index contributed by atoms with van der Waals surface area (Å²) in [4.78, 5) is 19.2. The maximum atomic E-state index is 13.1. The van der Waals surface area contributed by atoms with Gasteiger partial charge < -0.3 is 10.2 Å². The van der Waals surface area contributed by atoms with E-state index in [1.54, 1.807) is 11.1 Å². The molecular weight excluding hydrogens is 398 g/mol. The minimum atomic E-state index is -2.04. The second kappa shape index (κ2) is 7.14. The standard InChI is InChI=1S/C22H21N5O2S/c1-30(29)12-10-27(11-13-30)22(28)18-5-2-4-15-14-16(7-8-17(15)18)24-21-20-19(25-26-21)6-3-9-23-20/h2-9,14H,1,10-13H2,(H2,24,25,26). The molecule has 1 aliphatic rings. The van der Waals surface area contributed by atoms with Gasteiger partial charge in [-0.1, -0.05) is 18.2 Å². The van der Waals surface area contributed by atoms with Crippen LogP contribution in [0.4, 0.5) is 11.5 Å². The Hall–Kier alpha value is -3.39. The molecule has 152 valence electrons. The van der Waals surface area contributed by atoms with Crippen molar-refractivity contribution in [3.63, 3.8) is 0 Å². The Bertz CT molecular complexity index is 1360. The van der Waals surface area contributed by atoms with Gasteiger partial charge in [0.05, 0.1) is 5.52 Å². The number of aromatic nitrogens is 3. The number of fused-ring (bicyclic) bond motifs is 2. The Morgan fingerprint density at radius 3 is 2.80 bits per heavy atom. The number of rotatable bonds is 3. The fraction of sp³-hybridized carbons (Fsp3) is 0.182. The first-order chi connectivity index (χ1) is 14.5. The maximum Gasteiger partial charge on any atom is 0.254 e. The van der Waals surface area contributed by atoms with Crippen molar-refractivity contribution in [2.75, 3.05) is 29.9 Å². The minimum Gasteiger partial charge on any atom is -0.337 e. The number of nitrogens with one attached hydrogen (secondary N) is 2. The summed E-state index contributed by atoms with van der Waals surface area (Å²) >= 11 is 0. The lowest BCUT2D eigenvalue weighted by molar-refractivity contribution is 0.0773. The van der Waals surface area contributed by atoms with Gasteiger partial charge in [0.1, 0.15) is 5.52 Å². The summed E-state index contributed by atoms with van der Waals surface area (Å²) < 4.78 is 12.1. The van der Waals surface area contributed by atoms with Gasteiger partial charge in [0, 0.05) is 42.0 Å². The molecule has 0 unspecified atom stereocenters. The Morgan fingerprint density at radius 2 is 1.97 bits per heavy atom. The highest BCUT2D eigenvalue weighted by Gasteiger charge is 2.23. The molecule has 8 heteroatoms. The van der Waals surface area contributed by atoms with E-state index in [9.17, 15) is 9.00 Å². The van der Waals surface area contributed by atoms with Crippen LogP contribution in [0, 0.1) is 0 Å². The Labute approximate surface area is 174 Å². The van der Waals surface area contributed by atoms with Crippen LogP contribution >= 0.6 is 0 Å². The number of carbonyl (C=O) groups is 1. The highest BCUT2D eigenvalue weighted by Crippen LogP contribution is 2.27. The third-order valence-corrected chi connectivity index (χ3v) is 7.30. The van der Waals surface area contributed by atoms with Crippen molar-refractivity contribution >= 4 is 54.6 Å². The molecular formula is C22H21N5O2S. The van der Waals surface area contributed by atoms with Gasteiger partial charge in [-0.2, -0.15) is 5.10 Å². The van der Waals surface area contributed by atoms with Crippen LogP contribution in [-0.4, -0.2) is 60.7 Å². The van der Waals surface area contributed by atoms with Crippen LogP contribution in [0.25, 0.3) is 21.8 Å². The molecule has 3 heterocycles. The van der Waals surface area contributed by atoms with Crippen LogP contribution in [0.2, 0.25) is 0 Å². The van der Waals surface area contributed by atoms with Gasteiger partial charge in [0.2, 0.25) is 0 Å². The molecule has 1 aliphatic heterocycles. The smallest absolute Gasteiger partial charge is 0.254 e. The largest absolute Gasteiger partial charge is 0.337 e. The van der Waals surface area contributed by atoms with Gasteiger partial charge >= 0.3 is 0 Å². The van der Waals surface area contributed by atoms with E-state index in [-0.39, 0.29) is 5.91 Å². The van der Waals surface area contributed by atoms with E-state index in [0.29, 0.717) is 36.0 Å². The van der Waals surface area contributed by atoms with Crippen molar-refractivity contribution in [2.24, 2.45) is 0 Å². The first-order valence-electron chi connectivity index (χ1n) is 9.71. The molecule has 0 spiro atoms. The molecule has 0 saturated carbocycles. The normalized spacial score (nSPS) is 16.1. The van der Waals surface area contributed by atoms with Crippen molar-refractivity contribution in [1.82, 2.24) is 20.1 Å². The summed E-state index contributed by atoms with van der Waals surface area (Å²) in [5.74, 6) is 5.33. The van der Waals surface area contributed by atoms with Crippen LogP contribution in [0.3, 0.4) is 0 Å². The maximum absolute atomic E-state index is 13.1. The van der Waals surface area contributed by atoms with Crippen molar-refractivity contribution in [1.29, 1.82) is 0 Å². The number of amides is 1. The van der Waals surface area contributed by atoms with E-state index >= 15 is 0 Å². The zero-order chi connectivity index (χ0) is 20.7. The molecule has 30 heavy (non-hydrogen) atoms. The Balaban J connectivity index is 1.44. The third kappa shape index (κ3) is 3.39. The predicted octanol–water partition coefficient (Wildman–Crippen LogP) is 3.03. The molecule has 1 saturated heterocycles. The topological polar surface area (TPSA) is 91.0 Å². The summed E-state index contributed by atoms with van der Waals surface area (Å²) in [7, 11) is -2.04. The molecule has 2 aromatic carbocycles. The molecule has 4 aromatic rings. The van der Waals surface area contributed by atoms with E-state index in [1.165, 1.54) is 0 Å². The number of nitrogens with zero attached hydrogens (tertiary/aromatic N) is 3. The minimum absolute atomic E-state index is 0.0290. The fourth-order valence-electron chi connectivity index (χ4n) is 3.77. The van der Waals surface area contributed by atoms with Gasteiger partial charge in [-0.25, -0.2) is 0 Å². The van der Waals surface area contributed by atoms with E-state index in [2.05, 4.69) is 26.4 Å². The lowest BCUT2D eigenvalue weighted by Gasteiger charge is -2.29. The van der Waals surface area contributed by atoms with E-state index in [1.807, 2.05) is 48.5 Å². The summed E-state index contributed by atoms with van der Waals surface area (Å²) in [6.07, 6.45) is 1.73. The Kier molecular flexibility index (Phi) is 4.43. The average molecular weight is 420 g/mol. The van der Waals surface area contributed by atoms with Crippen molar-refractivity contribution in [2.45, 2.75) is 0 Å². The average Bonchev–Trinajstić information content (AvgIpc) is 3.15. The third-order valence-electron chi connectivity index (χ3n) is 5.45. The highest BCUT2D eigenvalue weighted by molar-refractivity contribution is 8.00. The van der Waals surface area contributed by atoms with Crippen molar-refractivity contribution < 1.29 is 9.00 Å². The van der Waals surface area contributed by atoms with Crippen molar-refractivity contribution in [3.8, 4) is 0 Å². The van der Waals surface area contributed by atoms with Gasteiger partial charge in [0.15, 0.2) is 5.82 Å². The zero-order valence-corrected chi connectivity index (χ0v) is 17.1. The van der Waals surface area contributed by atoms with Crippen LogP contribution < -0.4 is 5.32 Å². The summed E-state index contributed by atoms with van der Waals surface area (Å²) in [6.45, 7) is 0.965. The predicted molar refractivity (Wildman–Crippen MR) is 122 cm³/mol. The molecule has 0 bridgehead atoms. The molecule has 1 fully saturated rings. The molecule has 0 aliphatic carbocycles. The fourth-order valence-corrected chi connectivity index (χ4v) is 5.08. The van der Waals surface area contributed by atoms with Gasteiger partial charge in [0.25, 0.3) is 5.91 Å². The number of anilines is 2. The number of pyridine rings is 1. The van der Waals surface area contributed by atoms with Crippen LogP contribution in [0.5, 0.6) is 0 Å². The summed E-state index contributed by atoms with van der Waals surface area (Å²) in [5, 5.41) is 12.4. The number of benzene rings is 2. The van der Waals surface area contributed by atoms with Gasteiger partial charge in [-0.05, 0) is 56.5 Å². The quantitative estimate of drug-likeness (QED) is 0.498. The lowest BCUT2D eigenvalue weighted by atomic mass is 10.0. The first-order valence-corrected chi connectivity index (χ1v) is 11.8. The number of H-pyrrole nitrogens is 1. The number of hydrogen-bond donors (Lipinski definition) is 2. The summed E-state index contributed by atoms with van der Waals surface area (Å²) in [5.41, 5.74) is 3.15. The monoisotopic (exact) mass is 419 g/mol. The van der Waals surface area contributed by atoms with Crippen LogP contribution in [0.1, 0.15) is 10.4 Å². The van der Waals surface area contributed by atoms with Gasteiger partial charge in [-0.15, -0.1) is 0 Å². The molecule has 2 N–H and O–H groups in total. The lowest BCUT2D eigenvalue weighted by Crippen LogP contribution is -2.43. The highest BCUT2D eigenvalue weighted by atomic mass is 32.2. The molecule has 7 nitrogen and oxygen atoms in total. The number of carbonyl (C=O) groups excluding carboxylic acids is 1. The molecule has 2 aromatic heterocycles. The second-order valence-corrected chi connectivity index (χ2v) is 10.3. The molecule has 0 atom stereocenters. The summed E-state index contributed by atoms with van der Waals surface area (Å²) in [6, 6.07) is 15.4. The van der Waals surface area contributed by atoms with Crippen LogP contribution in [0.15, 0.2) is 54.7 Å². The van der Waals surface area contributed by atoms with E-state index < -0.39 is 9.52 Å². The molecule has 1 amide bonds. The Morgan fingerprint density at radius 1 is 1.13 bits per heavy atom. The number of hydrogen-bond acceptors (Lipinski definition) is 5. The zero-order valence-electron chi connectivity index (χ0n) is 16.3. The molecule has 0 radical (unpaired) electrons. The number of aromatic amines is 1. The van der Waals surface area contributed by atoms with Gasteiger partial charge in [-0.3, -0.25) is 19.1 Å². The molecule has 5 rings (SSSR count). The SMILES string of the molecule is C=S1(=O)CCN(C(=O)c2cccc3cc(Nc4n[nH]c5cccnc45)ccc23)CC1. The van der Waals surface area contributed by atoms with Crippen molar-refractivity contribution in [3.05, 3.63) is 60.3 Å². The van der Waals surface area contributed by atoms with E-state index in [0.717, 1.165) is 27.5 Å². The first kappa shape index (κ1) is 18.6. The second-order valence-electron chi connectivity index (χ2n) is 7.50. The van der Waals surface area contributed by atoms with E-state index in [4.69, 9.17) is 0 Å². The van der Waals surface area contributed by atoms with Crippen LogP contribution in [-0.2, 0) is 9.52 Å².